The first kappa shape index (κ1) is 10.5. The molecule has 1 aliphatic carbocycles. The fourth-order valence-corrected chi connectivity index (χ4v) is 3.88. The molecule has 1 saturated carbocycles. The largest absolute Gasteiger partial charge is 0.300 e. The number of hydrogen-bond donors (Lipinski definition) is 0. The molecule has 0 aromatic rings. The van der Waals surface area contributed by atoms with Crippen molar-refractivity contribution in [1.82, 2.24) is 4.90 Å². The zero-order valence-electron chi connectivity index (χ0n) is 10.2. The van der Waals surface area contributed by atoms with E-state index < -0.39 is 0 Å². The van der Waals surface area contributed by atoms with Crippen LogP contribution in [0.15, 0.2) is 0 Å². The van der Waals surface area contributed by atoms with Gasteiger partial charge in [0.05, 0.1) is 0 Å². The van der Waals surface area contributed by atoms with Crippen LogP contribution in [-0.4, -0.2) is 24.0 Å². The van der Waals surface area contributed by atoms with Crippen LogP contribution in [0.4, 0.5) is 0 Å². The summed E-state index contributed by atoms with van der Waals surface area (Å²) < 4.78 is 0. The summed E-state index contributed by atoms with van der Waals surface area (Å²) in [6.45, 7) is 12.2. The average Bonchev–Trinajstić information content (AvgIpc) is 2.42. The Kier molecular flexibility index (Phi) is 2.63. The maximum absolute atomic E-state index is 2.70. The lowest BCUT2D eigenvalue weighted by Crippen LogP contribution is -2.48. The molecule has 0 amide bonds. The highest BCUT2D eigenvalue weighted by atomic mass is 15.2. The zero-order chi connectivity index (χ0) is 10.3. The SMILES string of the molecule is CCC1CC2CN(C(C)C)CC12CC. The molecule has 1 nitrogen and oxygen atoms in total. The molecule has 2 fully saturated rings. The number of rotatable bonds is 3. The van der Waals surface area contributed by atoms with Crippen molar-refractivity contribution in [2.75, 3.05) is 13.1 Å². The standard InChI is InChI=1S/C13H25N/c1-5-11-7-12-8-14(10(3)4)9-13(11,12)6-2/h10-12H,5-9H2,1-4H3. The molecule has 0 spiro atoms. The van der Waals surface area contributed by atoms with Crippen LogP contribution in [0.5, 0.6) is 0 Å². The van der Waals surface area contributed by atoms with Crippen molar-refractivity contribution >= 4 is 0 Å². The molecule has 3 atom stereocenters. The Morgan fingerprint density at radius 3 is 2.57 bits per heavy atom. The highest BCUT2D eigenvalue weighted by Gasteiger charge is 2.57. The van der Waals surface area contributed by atoms with Crippen LogP contribution in [0, 0.1) is 17.3 Å². The summed E-state index contributed by atoms with van der Waals surface area (Å²) >= 11 is 0. The third-order valence-corrected chi connectivity index (χ3v) is 5.03. The van der Waals surface area contributed by atoms with E-state index in [4.69, 9.17) is 0 Å². The van der Waals surface area contributed by atoms with Crippen LogP contribution < -0.4 is 0 Å². The van der Waals surface area contributed by atoms with Crippen molar-refractivity contribution in [3.8, 4) is 0 Å². The first-order valence-electron chi connectivity index (χ1n) is 6.38. The predicted molar refractivity (Wildman–Crippen MR) is 61.3 cm³/mol. The van der Waals surface area contributed by atoms with Gasteiger partial charge in [0.15, 0.2) is 0 Å². The van der Waals surface area contributed by atoms with Crippen molar-refractivity contribution in [2.45, 2.75) is 53.0 Å². The summed E-state index contributed by atoms with van der Waals surface area (Å²) in [5.74, 6) is 2.06. The summed E-state index contributed by atoms with van der Waals surface area (Å²) in [7, 11) is 0. The molecule has 2 aliphatic rings. The first-order valence-corrected chi connectivity index (χ1v) is 6.38. The second-order valence-electron chi connectivity index (χ2n) is 5.65. The molecule has 0 N–H and O–H groups in total. The molecule has 1 aliphatic heterocycles. The van der Waals surface area contributed by atoms with Gasteiger partial charge in [-0.05, 0) is 43.9 Å². The van der Waals surface area contributed by atoms with E-state index in [1.807, 2.05) is 0 Å². The zero-order valence-corrected chi connectivity index (χ0v) is 10.2. The molecular formula is C13H25N. The lowest BCUT2D eigenvalue weighted by molar-refractivity contribution is -0.0178. The third kappa shape index (κ3) is 1.25. The molecule has 0 bridgehead atoms. The molecule has 14 heavy (non-hydrogen) atoms. The normalized spacial score (nSPS) is 42.6. The Morgan fingerprint density at radius 2 is 2.07 bits per heavy atom. The highest BCUT2D eigenvalue weighted by molar-refractivity contribution is 5.08. The van der Waals surface area contributed by atoms with E-state index in [-0.39, 0.29) is 0 Å². The van der Waals surface area contributed by atoms with Crippen molar-refractivity contribution in [1.29, 1.82) is 0 Å². The highest BCUT2D eigenvalue weighted by Crippen LogP contribution is 2.59. The van der Waals surface area contributed by atoms with Gasteiger partial charge in [-0.25, -0.2) is 0 Å². The van der Waals surface area contributed by atoms with Gasteiger partial charge in [-0.1, -0.05) is 20.3 Å². The molecule has 1 heterocycles. The fraction of sp³-hybridized carbons (Fsp3) is 1.00. The van der Waals surface area contributed by atoms with Crippen LogP contribution in [0.2, 0.25) is 0 Å². The minimum atomic E-state index is 0.721. The minimum Gasteiger partial charge on any atom is -0.300 e. The summed E-state index contributed by atoms with van der Waals surface area (Å²) in [5.41, 5.74) is 0.721. The quantitative estimate of drug-likeness (QED) is 0.668. The fourth-order valence-electron chi connectivity index (χ4n) is 3.88. The van der Waals surface area contributed by atoms with Crippen LogP contribution in [0.3, 0.4) is 0 Å². The second-order valence-corrected chi connectivity index (χ2v) is 5.65. The van der Waals surface area contributed by atoms with E-state index in [2.05, 4.69) is 32.6 Å². The Bertz CT molecular complexity index is 211. The van der Waals surface area contributed by atoms with Gasteiger partial charge in [-0.15, -0.1) is 0 Å². The van der Waals surface area contributed by atoms with Crippen molar-refractivity contribution < 1.29 is 0 Å². The Hall–Kier alpha value is -0.0400. The van der Waals surface area contributed by atoms with E-state index in [0.717, 1.165) is 23.3 Å². The van der Waals surface area contributed by atoms with E-state index in [9.17, 15) is 0 Å². The smallest absolute Gasteiger partial charge is 0.00465 e. The van der Waals surface area contributed by atoms with Gasteiger partial charge in [-0.3, -0.25) is 0 Å². The van der Waals surface area contributed by atoms with Gasteiger partial charge >= 0.3 is 0 Å². The topological polar surface area (TPSA) is 3.24 Å². The first-order chi connectivity index (χ1) is 6.64. The number of hydrogen-bond acceptors (Lipinski definition) is 1. The summed E-state index contributed by atoms with van der Waals surface area (Å²) in [6.07, 6.45) is 4.31. The Labute approximate surface area is 88.9 Å². The van der Waals surface area contributed by atoms with Gasteiger partial charge < -0.3 is 4.90 Å². The lowest BCUT2D eigenvalue weighted by atomic mass is 9.52. The predicted octanol–water partition coefficient (Wildman–Crippen LogP) is 3.15. The van der Waals surface area contributed by atoms with E-state index in [1.165, 1.54) is 32.4 Å². The average molecular weight is 195 g/mol. The third-order valence-electron chi connectivity index (χ3n) is 5.03. The lowest BCUT2D eigenvalue weighted by Gasteiger charge is -2.52. The van der Waals surface area contributed by atoms with E-state index in [0.29, 0.717) is 0 Å². The Morgan fingerprint density at radius 1 is 1.36 bits per heavy atom. The molecule has 1 saturated heterocycles. The molecule has 0 aromatic carbocycles. The molecule has 0 aromatic heterocycles. The van der Waals surface area contributed by atoms with Crippen molar-refractivity contribution in [3.63, 3.8) is 0 Å². The maximum Gasteiger partial charge on any atom is 0.00465 e. The van der Waals surface area contributed by atoms with Gasteiger partial charge in [-0.2, -0.15) is 0 Å². The van der Waals surface area contributed by atoms with E-state index in [1.54, 1.807) is 0 Å². The van der Waals surface area contributed by atoms with Gasteiger partial charge in [0.1, 0.15) is 0 Å². The minimum absolute atomic E-state index is 0.721. The molecule has 3 unspecified atom stereocenters. The number of nitrogens with zero attached hydrogens (tertiary/aromatic N) is 1. The monoisotopic (exact) mass is 195 g/mol. The van der Waals surface area contributed by atoms with Crippen LogP contribution in [0.25, 0.3) is 0 Å². The van der Waals surface area contributed by atoms with Gasteiger partial charge in [0, 0.05) is 19.1 Å². The Balaban J connectivity index is 2.08. The molecule has 0 radical (unpaired) electrons. The molecule has 1 heteroatoms. The summed E-state index contributed by atoms with van der Waals surface area (Å²) in [5, 5.41) is 0. The van der Waals surface area contributed by atoms with Gasteiger partial charge in [0.25, 0.3) is 0 Å². The van der Waals surface area contributed by atoms with Crippen LogP contribution in [0.1, 0.15) is 47.0 Å². The summed E-state index contributed by atoms with van der Waals surface area (Å²) in [4.78, 5) is 2.70. The van der Waals surface area contributed by atoms with Crippen molar-refractivity contribution in [2.24, 2.45) is 17.3 Å². The van der Waals surface area contributed by atoms with Crippen molar-refractivity contribution in [3.05, 3.63) is 0 Å². The van der Waals surface area contributed by atoms with E-state index >= 15 is 0 Å². The second kappa shape index (κ2) is 3.52. The molecule has 2 rings (SSSR count). The number of likely N-dealkylation sites (tertiary alicyclic amines) is 1. The number of fused-ring (bicyclic) bond motifs is 1. The van der Waals surface area contributed by atoms with Gasteiger partial charge in [0.2, 0.25) is 0 Å². The van der Waals surface area contributed by atoms with Crippen LogP contribution >= 0.6 is 0 Å². The molecular weight excluding hydrogens is 170 g/mol. The molecule has 82 valence electrons. The van der Waals surface area contributed by atoms with Crippen LogP contribution in [-0.2, 0) is 0 Å². The summed E-state index contributed by atoms with van der Waals surface area (Å²) in [6, 6.07) is 0.751. The maximum atomic E-state index is 2.70.